The molecular weight excluding hydrogens is 356 g/mol. The van der Waals surface area contributed by atoms with Gasteiger partial charge in [0.15, 0.2) is 5.11 Å². The number of aliphatic hydroxyl groups is 2. The van der Waals surface area contributed by atoms with Gasteiger partial charge in [-0.05, 0) is 19.1 Å². The monoisotopic (exact) mass is 380 g/mol. The molecule has 0 aromatic rings. The highest BCUT2D eigenvalue weighted by Crippen LogP contribution is 1.92. The number of hydrazine groups is 1. The van der Waals surface area contributed by atoms with Crippen LogP contribution in [0.4, 0.5) is 0 Å². The van der Waals surface area contributed by atoms with Crippen LogP contribution in [0.1, 0.15) is 13.3 Å². The van der Waals surface area contributed by atoms with E-state index in [9.17, 15) is 19.5 Å². The van der Waals surface area contributed by atoms with Crippen molar-refractivity contribution in [2.75, 3.05) is 13.2 Å². The fraction of sp³-hybridized carbons (Fsp3) is 0.667. The van der Waals surface area contributed by atoms with Gasteiger partial charge in [-0.2, -0.15) is 0 Å². The van der Waals surface area contributed by atoms with E-state index in [2.05, 4.69) is 21.5 Å². The molecule has 4 unspecified atom stereocenters. The van der Waals surface area contributed by atoms with Crippen LogP contribution in [0.15, 0.2) is 0 Å². The third-order valence-electron chi connectivity index (χ3n) is 2.95. The predicted octanol–water partition coefficient (Wildman–Crippen LogP) is -4.53. The van der Waals surface area contributed by atoms with Crippen LogP contribution in [0.25, 0.3) is 0 Å². The number of thiocarbonyl (C=S) groups is 1. The van der Waals surface area contributed by atoms with Gasteiger partial charge in [-0.15, -0.1) is 0 Å². The molecule has 0 bridgehead atoms. The first-order chi connectivity index (χ1) is 11.6. The highest BCUT2D eigenvalue weighted by atomic mass is 32.1. The molecule has 12 nitrogen and oxygen atoms in total. The lowest BCUT2D eigenvalue weighted by atomic mass is 10.2. The van der Waals surface area contributed by atoms with E-state index in [1.54, 1.807) is 0 Å². The summed E-state index contributed by atoms with van der Waals surface area (Å²) in [6.45, 7) is 0.648. The van der Waals surface area contributed by atoms with Gasteiger partial charge in [0, 0.05) is 13.0 Å². The molecular formula is C12H24N6O6S. The number of primary amides is 1. The number of carboxylic acid groups (broad SMARTS) is 1. The summed E-state index contributed by atoms with van der Waals surface area (Å²) in [7, 11) is 0. The molecule has 0 saturated carbocycles. The Kier molecular flexibility index (Phi) is 10.5. The molecule has 0 aromatic heterocycles. The first-order valence-electron chi connectivity index (χ1n) is 7.23. The topological polar surface area (TPSA) is 212 Å². The van der Waals surface area contributed by atoms with E-state index >= 15 is 0 Å². The zero-order valence-corrected chi connectivity index (χ0v) is 14.4. The van der Waals surface area contributed by atoms with Gasteiger partial charge in [0.25, 0.3) is 5.91 Å². The second-order valence-electron chi connectivity index (χ2n) is 5.20. The Labute approximate surface area is 149 Å². The van der Waals surface area contributed by atoms with Crippen LogP contribution in [-0.2, 0) is 14.4 Å². The van der Waals surface area contributed by atoms with Crippen LogP contribution < -0.4 is 33.0 Å². The molecule has 11 N–H and O–H groups in total. The molecule has 0 fully saturated rings. The highest BCUT2D eigenvalue weighted by Gasteiger charge is 2.21. The normalized spacial score (nSPS) is 15.4. The maximum absolute atomic E-state index is 11.6. The predicted molar refractivity (Wildman–Crippen MR) is 90.8 cm³/mol. The molecule has 0 aliphatic heterocycles. The van der Waals surface area contributed by atoms with Crippen molar-refractivity contribution >= 4 is 35.1 Å². The number of hydrogen-bond donors (Lipinski definition) is 9. The number of carbonyl (C=O) groups excluding carboxylic acids is 2. The minimum Gasteiger partial charge on any atom is -0.480 e. The molecule has 13 heteroatoms. The van der Waals surface area contributed by atoms with Crippen LogP contribution in [0.3, 0.4) is 0 Å². The number of carbonyl (C=O) groups is 3. The molecule has 144 valence electrons. The Morgan fingerprint density at radius 2 is 1.84 bits per heavy atom. The summed E-state index contributed by atoms with van der Waals surface area (Å²) < 4.78 is 0. The van der Waals surface area contributed by atoms with Crippen molar-refractivity contribution in [2.45, 2.75) is 37.6 Å². The minimum absolute atomic E-state index is 0.0140. The standard InChI is InChI=1S/C12H24N6O6S/c1-5(20)9(14)10(22)18-15-3-6(2-8(13)21)16-12(25)17-7(4-19)11(23)24/h5-7,9,15,19-20H,2-4,14H2,1H3,(H2,13,21)(H,18,22)(H,23,24)(H2,16,17,25). The largest absolute Gasteiger partial charge is 0.480 e. The maximum Gasteiger partial charge on any atom is 0.328 e. The lowest BCUT2D eigenvalue weighted by Gasteiger charge is -2.23. The van der Waals surface area contributed by atoms with Crippen molar-refractivity contribution in [3.8, 4) is 0 Å². The number of rotatable bonds is 11. The van der Waals surface area contributed by atoms with Crippen LogP contribution in [0.5, 0.6) is 0 Å². The van der Waals surface area contributed by atoms with Gasteiger partial charge in [0.1, 0.15) is 12.1 Å². The number of carboxylic acids is 1. The van der Waals surface area contributed by atoms with Crippen LogP contribution in [0.2, 0.25) is 0 Å². The van der Waals surface area contributed by atoms with Crippen LogP contribution in [0, 0.1) is 0 Å². The van der Waals surface area contributed by atoms with Crippen molar-refractivity contribution in [1.82, 2.24) is 21.5 Å². The van der Waals surface area contributed by atoms with Gasteiger partial charge in [-0.25, -0.2) is 10.2 Å². The maximum atomic E-state index is 11.6. The van der Waals surface area contributed by atoms with Gasteiger partial charge >= 0.3 is 5.97 Å². The fourth-order valence-corrected chi connectivity index (χ4v) is 1.86. The first kappa shape index (κ1) is 22.9. The van der Waals surface area contributed by atoms with Gasteiger partial charge in [0.2, 0.25) is 5.91 Å². The van der Waals surface area contributed by atoms with Gasteiger partial charge in [-0.3, -0.25) is 15.0 Å². The Bertz CT molecular complexity index is 491. The van der Waals surface area contributed by atoms with Crippen LogP contribution >= 0.6 is 12.2 Å². The Morgan fingerprint density at radius 3 is 2.28 bits per heavy atom. The Balaban J connectivity index is 4.55. The number of nitrogens with two attached hydrogens (primary N) is 2. The Hall–Kier alpha value is -2.06. The minimum atomic E-state index is -1.31. The third-order valence-corrected chi connectivity index (χ3v) is 3.19. The second-order valence-corrected chi connectivity index (χ2v) is 5.60. The lowest BCUT2D eigenvalue weighted by Crippen LogP contribution is -2.56. The van der Waals surface area contributed by atoms with Crippen molar-refractivity contribution in [1.29, 1.82) is 0 Å². The summed E-state index contributed by atoms with van der Waals surface area (Å²) in [5, 5.41) is 31.8. The van der Waals surface area contributed by atoms with E-state index in [0.717, 1.165) is 0 Å². The van der Waals surface area contributed by atoms with E-state index in [-0.39, 0.29) is 18.1 Å². The zero-order chi connectivity index (χ0) is 19.6. The average molecular weight is 380 g/mol. The summed E-state index contributed by atoms with van der Waals surface area (Å²) in [5.74, 6) is -2.64. The van der Waals surface area contributed by atoms with E-state index in [4.69, 9.17) is 33.9 Å². The van der Waals surface area contributed by atoms with E-state index in [1.165, 1.54) is 6.92 Å². The van der Waals surface area contributed by atoms with Crippen molar-refractivity contribution < 1.29 is 29.7 Å². The van der Waals surface area contributed by atoms with Crippen LogP contribution in [-0.4, -0.2) is 75.6 Å². The lowest BCUT2D eigenvalue weighted by molar-refractivity contribution is -0.140. The number of aliphatic hydroxyl groups excluding tert-OH is 2. The molecule has 2 amide bonds. The molecule has 0 radical (unpaired) electrons. The number of hydrogen-bond acceptors (Lipinski definition) is 8. The van der Waals surface area contributed by atoms with E-state index in [0.29, 0.717) is 0 Å². The fourth-order valence-electron chi connectivity index (χ4n) is 1.55. The Morgan fingerprint density at radius 1 is 1.24 bits per heavy atom. The molecule has 0 aliphatic rings. The number of amides is 2. The summed E-state index contributed by atoms with van der Waals surface area (Å²) >= 11 is 4.91. The molecule has 0 rings (SSSR count). The van der Waals surface area contributed by atoms with Gasteiger partial charge in [-0.1, -0.05) is 0 Å². The van der Waals surface area contributed by atoms with Gasteiger partial charge < -0.3 is 37.4 Å². The first-order valence-corrected chi connectivity index (χ1v) is 7.64. The summed E-state index contributed by atoms with van der Waals surface area (Å²) in [6.07, 6.45) is -1.23. The molecule has 0 spiro atoms. The van der Waals surface area contributed by atoms with Gasteiger partial charge in [0.05, 0.1) is 18.8 Å². The molecule has 0 aliphatic carbocycles. The summed E-state index contributed by atoms with van der Waals surface area (Å²) in [6, 6.07) is -3.14. The average Bonchev–Trinajstić information content (AvgIpc) is 2.50. The van der Waals surface area contributed by atoms with Crippen molar-refractivity contribution in [3.63, 3.8) is 0 Å². The molecule has 4 atom stereocenters. The molecule has 0 aromatic carbocycles. The van der Waals surface area contributed by atoms with E-state index in [1.807, 2.05) is 0 Å². The third kappa shape index (κ3) is 9.73. The molecule has 25 heavy (non-hydrogen) atoms. The zero-order valence-electron chi connectivity index (χ0n) is 13.6. The number of aliphatic carboxylic acids is 1. The molecule has 0 saturated heterocycles. The smallest absolute Gasteiger partial charge is 0.328 e. The molecule has 0 heterocycles. The SMILES string of the molecule is CC(O)C(N)C(=O)NNCC(CC(N)=O)NC(=S)NC(CO)C(=O)O. The second kappa shape index (κ2) is 11.5. The number of nitrogens with one attached hydrogen (secondary N) is 4. The quantitative estimate of drug-likeness (QED) is 0.123. The van der Waals surface area contributed by atoms with Crippen molar-refractivity contribution in [3.05, 3.63) is 0 Å². The highest BCUT2D eigenvalue weighted by molar-refractivity contribution is 7.80. The summed E-state index contributed by atoms with van der Waals surface area (Å²) in [5.41, 5.74) is 15.3. The summed E-state index contributed by atoms with van der Waals surface area (Å²) in [4.78, 5) is 33.5. The van der Waals surface area contributed by atoms with Crippen molar-refractivity contribution in [2.24, 2.45) is 11.5 Å². The van der Waals surface area contributed by atoms with E-state index < -0.39 is 48.6 Å².